The van der Waals surface area contributed by atoms with Gasteiger partial charge < -0.3 is 10.6 Å². The van der Waals surface area contributed by atoms with Crippen LogP contribution in [-0.2, 0) is 0 Å². The molecule has 1 aromatic carbocycles. The predicted octanol–water partition coefficient (Wildman–Crippen LogP) is 2.47. The minimum atomic E-state index is -0.875. The molecule has 1 aliphatic heterocycles. The Labute approximate surface area is 156 Å². The summed E-state index contributed by atoms with van der Waals surface area (Å²) in [7, 11) is 0. The number of amides is 1. The van der Waals surface area contributed by atoms with Crippen LogP contribution in [0.5, 0.6) is 0 Å². The highest BCUT2D eigenvalue weighted by Crippen LogP contribution is 2.27. The molecule has 9 heteroatoms. The van der Waals surface area contributed by atoms with Crippen LogP contribution in [0.4, 0.5) is 8.78 Å². The van der Waals surface area contributed by atoms with Gasteiger partial charge in [-0.1, -0.05) is 6.07 Å². The third kappa shape index (κ3) is 5.07. The van der Waals surface area contributed by atoms with Crippen LogP contribution < -0.4 is 10.6 Å². The topological polar surface area (TPSA) is 66.9 Å². The fraction of sp³-hybridized carbons (Fsp3) is 0.312. The van der Waals surface area contributed by atoms with E-state index in [0.717, 1.165) is 19.0 Å². The van der Waals surface area contributed by atoms with Crippen molar-refractivity contribution in [3.8, 4) is 0 Å². The van der Waals surface area contributed by atoms with E-state index < -0.39 is 11.6 Å². The summed E-state index contributed by atoms with van der Waals surface area (Å²) in [5.74, 6) is -2.17. The second kappa shape index (κ2) is 9.60. The van der Waals surface area contributed by atoms with Gasteiger partial charge in [0.15, 0.2) is 11.6 Å². The van der Waals surface area contributed by atoms with Gasteiger partial charge in [-0.3, -0.25) is 9.78 Å². The highest BCUT2D eigenvalue weighted by atomic mass is 35.5. The highest BCUT2D eigenvalue weighted by molar-refractivity contribution is 5.92. The number of halogens is 4. The molecule has 2 aromatic rings. The zero-order valence-corrected chi connectivity index (χ0v) is 14.7. The molecule has 2 atom stereocenters. The van der Waals surface area contributed by atoms with Crippen LogP contribution in [-0.4, -0.2) is 35.0 Å². The summed E-state index contributed by atoms with van der Waals surface area (Å²) < 4.78 is 26.6. The molecule has 0 saturated carbocycles. The van der Waals surface area contributed by atoms with Gasteiger partial charge in [0.1, 0.15) is 5.69 Å². The van der Waals surface area contributed by atoms with Crippen molar-refractivity contribution in [1.82, 2.24) is 20.6 Å². The van der Waals surface area contributed by atoms with E-state index in [4.69, 9.17) is 0 Å². The standard InChI is InChI=1S/C16H16F2N4O.2ClH/c17-12-2-1-10(7-13(12)18)11-3-4-19-8-14(11)22-16(23)15-9-20-5-6-21-15;;/h1-2,5-7,9,11,14,19H,3-4,8H2,(H,22,23);2*1H. The third-order valence-corrected chi connectivity index (χ3v) is 3.97. The first-order valence-electron chi connectivity index (χ1n) is 7.37. The van der Waals surface area contributed by atoms with Gasteiger partial charge >= 0.3 is 0 Å². The summed E-state index contributed by atoms with van der Waals surface area (Å²) >= 11 is 0. The van der Waals surface area contributed by atoms with Gasteiger partial charge in [0.05, 0.1) is 6.20 Å². The normalized spacial score (nSPS) is 19.3. The number of nitrogens with zero attached hydrogens (tertiary/aromatic N) is 2. The summed E-state index contributed by atoms with van der Waals surface area (Å²) in [6, 6.07) is 3.65. The molecule has 5 nitrogen and oxygen atoms in total. The molecular weight excluding hydrogens is 373 g/mol. The van der Waals surface area contributed by atoms with Crippen molar-refractivity contribution in [3.05, 3.63) is 59.7 Å². The maximum atomic E-state index is 13.5. The largest absolute Gasteiger partial charge is 0.346 e. The number of hydrogen-bond donors (Lipinski definition) is 2. The summed E-state index contributed by atoms with van der Waals surface area (Å²) in [6.07, 6.45) is 5.04. The first-order valence-corrected chi connectivity index (χ1v) is 7.37. The Morgan fingerprint density at radius 3 is 2.68 bits per heavy atom. The molecule has 3 rings (SSSR count). The number of piperidine rings is 1. The molecule has 25 heavy (non-hydrogen) atoms. The van der Waals surface area contributed by atoms with Gasteiger partial charge in [0, 0.05) is 30.9 Å². The van der Waals surface area contributed by atoms with Gasteiger partial charge in [-0.2, -0.15) is 0 Å². The lowest BCUT2D eigenvalue weighted by Crippen LogP contribution is -2.50. The Kier molecular flexibility index (Phi) is 8.15. The van der Waals surface area contributed by atoms with Crippen molar-refractivity contribution in [2.24, 2.45) is 0 Å². The fourth-order valence-corrected chi connectivity index (χ4v) is 2.81. The Bertz CT molecular complexity index is 706. The number of benzene rings is 1. The first-order chi connectivity index (χ1) is 11.1. The maximum Gasteiger partial charge on any atom is 0.271 e. The van der Waals surface area contributed by atoms with E-state index in [9.17, 15) is 13.6 Å². The van der Waals surface area contributed by atoms with Gasteiger partial charge in [-0.05, 0) is 30.7 Å². The van der Waals surface area contributed by atoms with Crippen molar-refractivity contribution in [3.63, 3.8) is 0 Å². The molecule has 1 fully saturated rings. The molecule has 1 aliphatic rings. The Hall–Kier alpha value is -1.83. The van der Waals surface area contributed by atoms with Crippen molar-refractivity contribution < 1.29 is 13.6 Å². The Morgan fingerprint density at radius 2 is 2.00 bits per heavy atom. The number of nitrogens with one attached hydrogen (secondary N) is 2. The molecule has 2 N–H and O–H groups in total. The SMILES string of the molecule is Cl.Cl.O=C(NC1CNCCC1c1ccc(F)c(F)c1)c1cnccn1. The highest BCUT2D eigenvalue weighted by Gasteiger charge is 2.28. The van der Waals surface area contributed by atoms with Crippen molar-refractivity contribution in [1.29, 1.82) is 0 Å². The molecular formula is C16H18Cl2F2N4O. The van der Waals surface area contributed by atoms with Crippen molar-refractivity contribution in [2.45, 2.75) is 18.4 Å². The van der Waals surface area contributed by atoms with Gasteiger partial charge in [0.2, 0.25) is 0 Å². The van der Waals surface area contributed by atoms with Crippen LogP contribution in [0.3, 0.4) is 0 Å². The van der Waals surface area contributed by atoms with Gasteiger partial charge in [-0.25, -0.2) is 13.8 Å². The van der Waals surface area contributed by atoms with Crippen LogP contribution in [0.1, 0.15) is 28.4 Å². The lowest BCUT2D eigenvalue weighted by molar-refractivity contribution is 0.0919. The molecule has 0 aliphatic carbocycles. The van der Waals surface area contributed by atoms with Crippen LogP contribution in [0.25, 0.3) is 0 Å². The number of carbonyl (C=O) groups is 1. The van der Waals surface area contributed by atoms with E-state index in [0.29, 0.717) is 12.1 Å². The summed E-state index contributed by atoms with van der Waals surface area (Å²) in [4.78, 5) is 20.1. The monoisotopic (exact) mass is 390 g/mol. The number of aromatic nitrogens is 2. The maximum absolute atomic E-state index is 13.5. The molecule has 2 unspecified atom stereocenters. The molecule has 1 aromatic heterocycles. The van der Waals surface area contributed by atoms with Gasteiger partial charge in [-0.15, -0.1) is 24.8 Å². The van der Waals surface area contributed by atoms with E-state index in [1.807, 2.05) is 0 Å². The average molecular weight is 391 g/mol. The van der Waals surface area contributed by atoms with Crippen molar-refractivity contribution in [2.75, 3.05) is 13.1 Å². The van der Waals surface area contributed by atoms with Crippen LogP contribution in [0.15, 0.2) is 36.8 Å². The minimum Gasteiger partial charge on any atom is -0.346 e. The summed E-state index contributed by atoms with van der Waals surface area (Å²) in [5, 5.41) is 6.10. The molecule has 0 bridgehead atoms. The van der Waals surface area contributed by atoms with Crippen LogP contribution in [0, 0.1) is 11.6 Å². The summed E-state index contributed by atoms with van der Waals surface area (Å²) in [5.41, 5.74) is 0.900. The van der Waals surface area contributed by atoms with E-state index in [-0.39, 0.29) is 48.4 Å². The number of hydrogen-bond acceptors (Lipinski definition) is 4. The minimum absolute atomic E-state index is 0. The second-order valence-electron chi connectivity index (χ2n) is 5.44. The van der Waals surface area contributed by atoms with Crippen molar-refractivity contribution >= 4 is 30.7 Å². The Balaban J connectivity index is 0.00000156. The van der Waals surface area contributed by atoms with E-state index in [1.54, 1.807) is 6.07 Å². The Morgan fingerprint density at radius 1 is 1.20 bits per heavy atom. The smallest absolute Gasteiger partial charge is 0.271 e. The molecule has 0 radical (unpaired) electrons. The molecule has 1 saturated heterocycles. The quantitative estimate of drug-likeness (QED) is 0.844. The van der Waals surface area contributed by atoms with E-state index >= 15 is 0 Å². The van der Waals surface area contributed by atoms with Gasteiger partial charge in [0.25, 0.3) is 5.91 Å². The lowest BCUT2D eigenvalue weighted by atomic mass is 9.86. The number of carbonyl (C=O) groups excluding carboxylic acids is 1. The number of rotatable bonds is 3. The second-order valence-corrected chi connectivity index (χ2v) is 5.44. The fourth-order valence-electron chi connectivity index (χ4n) is 2.81. The average Bonchev–Trinajstić information content (AvgIpc) is 2.59. The zero-order valence-electron chi connectivity index (χ0n) is 13.1. The zero-order chi connectivity index (χ0) is 16.2. The van der Waals surface area contributed by atoms with E-state index in [2.05, 4.69) is 20.6 Å². The molecule has 0 spiro atoms. The van der Waals surface area contributed by atoms with Crippen LogP contribution >= 0.6 is 24.8 Å². The lowest BCUT2D eigenvalue weighted by Gasteiger charge is -2.33. The predicted molar refractivity (Wildman–Crippen MR) is 94.4 cm³/mol. The summed E-state index contributed by atoms with van der Waals surface area (Å²) in [6.45, 7) is 1.30. The first kappa shape index (κ1) is 21.2. The third-order valence-electron chi connectivity index (χ3n) is 3.97. The van der Waals surface area contributed by atoms with E-state index in [1.165, 1.54) is 24.7 Å². The molecule has 2 heterocycles. The molecule has 1 amide bonds. The van der Waals surface area contributed by atoms with Crippen LogP contribution in [0.2, 0.25) is 0 Å². The molecule has 136 valence electrons.